The number of fused-ring (bicyclic) bond motifs is 1. The molecule has 2 aliphatic heterocycles. The van der Waals surface area contributed by atoms with E-state index in [9.17, 15) is 13.6 Å². The first kappa shape index (κ1) is 19.9. The van der Waals surface area contributed by atoms with Crippen LogP contribution < -0.4 is 5.73 Å². The summed E-state index contributed by atoms with van der Waals surface area (Å²) in [6.07, 6.45) is -0.0765. The Hall–Kier alpha value is -2.36. The van der Waals surface area contributed by atoms with Crippen molar-refractivity contribution in [3.05, 3.63) is 52.6 Å². The van der Waals surface area contributed by atoms with Crippen LogP contribution in [0.5, 0.6) is 0 Å². The van der Waals surface area contributed by atoms with Crippen LogP contribution in [0.4, 0.5) is 8.78 Å². The van der Waals surface area contributed by atoms with Crippen LogP contribution in [0.3, 0.4) is 0 Å². The van der Waals surface area contributed by atoms with Gasteiger partial charge < -0.3 is 19.9 Å². The summed E-state index contributed by atoms with van der Waals surface area (Å²) in [5.41, 5.74) is 8.33. The number of hydrogen-bond donors (Lipinski definition) is 1. The summed E-state index contributed by atoms with van der Waals surface area (Å²) in [7, 11) is 5.25. The van der Waals surface area contributed by atoms with Crippen LogP contribution in [0.2, 0.25) is 0 Å². The van der Waals surface area contributed by atoms with E-state index < -0.39 is 23.8 Å². The molecule has 7 nitrogen and oxygen atoms in total. The number of rotatable bonds is 3. The van der Waals surface area contributed by atoms with Crippen LogP contribution in [0.15, 0.2) is 18.2 Å². The molecule has 0 aliphatic carbocycles. The van der Waals surface area contributed by atoms with Gasteiger partial charge in [-0.3, -0.25) is 9.69 Å². The summed E-state index contributed by atoms with van der Waals surface area (Å²) < 4.78 is 35.4. The number of imidazole rings is 1. The largest absolute Gasteiger partial charge is 0.370 e. The van der Waals surface area contributed by atoms with Crippen LogP contribution >= 0.6 is 0 Å². The molecule has 2 N–H and O–H groups in total. The predicted octanol–water partition coefficient (Wildman–Crippen LogP) is 1.57. The number of hydrogen-bond acceptors (Lipinski definition) is 5. The van der Waals surface area contributed by atoms with Crippen molar-refractivity contribution in [2.45, 2.75) is 37.7 Å². The second kappa shape index (κ2) is 7.47. The molecule has 1 amide bonds. The highest BCUT2D eigenvalue weighted by molar-refractivity contribution is 5.90. The molecule has 9 heteroatoms. The standard InChI is InChI=1S/C20H25F2N5O2/c1-25(2)20(28)19-24-16-8-27(9-17(16)26(19)3)12-7-15(23)18(29-10-12)13-6-11(21)4-5-14(13)22/h4-6,12,15,18H,7-10,23H2,1-3H3/t12-,15+,18-/m1/s1. The number of carbonyl (C=O) groups excluding carboxylic acids is 1. The molecular weight excluding hydrogens is 380 g/mol. The summed E-state index contributed by atoms with van der Waals surface area (Å²) in [6, 6.07) is 2.92. The van der Waals surface area contributed by atoms with Crippen LogP contribution in [-0.4, -0.2) is 58.0 Å². The lowest BCUT2D eigenvalue weighted by Gasteiger charge is -2.38. The van der Waals surface area contributed by atoms with Crippen LogP contribution in [0.1, 0.15) is 40.1 Å². The summed E-state index contributed by atoms with van der Waals surface area (Å²) in [5, 5.41) is 0. The lowest BCUT2D eigenvalue weighted by molar-refractivity contribution is -0.0535. The zero-order chi connectivity index (χ0) is 20.9. The fraction of sp³-hybridized carbons (Fsp3) is 0.500. The van der Waals surface area contributed by atoms with Crippen molar-refractivity contribution in [3.8, 4) is 0 Å². The molecule has 3 heterocycles. The molecule has 1 saturated heterocycles. The Morgan fingerprint density at radius 1 is 1.31 bits per heavy atom. The van der Waals surface area contributed by atoms with Crippen LogP contribution in [0.25, 0.3) is 0 Å². The van der Waals surface area contributed by atoms with E-state index in [0.29, 0.717) is 31.9 Å². The lowest BCUT2D eigenvalue weighted by Crippen LogP contribution is -2.48. The minimum atomic E-state index is -0.672. The lowest BCUT2D eigenvalue weighted by atomic mass is 9.93. The van der Waals surface area contributed by atoms with Crippen LogP contribution in [-0.2, 0) is 24.9 Å². The maximum atomic E-state index is 14.1. The van der Waals surface area contributed by atoms with E-state index in [-0.39, 0.29) is 17.5 Å². The minimum Gasteiger partial charge on any atom is -0.370 e. The molecule has 4 rings (SSSR count). The molecule has 156 valence electrons. The van der Waals surface area contributed by atoms with Crippen LogP contribution in [0, 0.1) is 11.6 Å². The van der Waals surface area contributed by atoms with Crippen molar-refractivity contribution in [2.75, 3.05) is 20.7 Å². The molecule has 3 atom stereocenters. The Labute approximate surface area is 168 Å². The second-order valence-electron chi connectivity index (χ2n) is 7.97. The number of nitrogens with two attached hydrogens (primary N) is 1. The number of carbonyl (C=O) groups is 1. The van der Waals surface area contributed by atoms with E-state index in [4.69, 9.17) is 10.5 Å². The molecule has 29 heavy (non-hydrogen) atoms. The third kappa shape index (κ3) is 3.54. The highest BCUT2D eigenvalue weighted by Gasteiger charge is 2.38. The number of ether oxygens (including phenoxy) is 1. The van der Waals surface area contributed by atoms with Gasteiger partial charge in [-0.25, -0.2) is 13.8 Å². The highest BCUT2D eigenvalue weighted by atomic mass is 19.1. The van der Waals surface area contributed by atoms with E-state index in [1.165, 1.54) is 4.90 Å². The molecule has 0 saturated carbocycles. The molecule has 0 bridgehead atoms. The fourth-order valence-corrected chi connectivity index (χ4v) is 4.15. The van der Waals surface area contributed by atoms with Gasteiger partial charge in [0.05, 0.1) is 18.0 Å². The van der Waals surface area contributed by atoms with E-state index >= 15 is 0 Å². The maximum absolute atomic E-state index is 14.1. The van der Waals surface area contributed by atoms with Gasteiger partial charge in [-0.2, -0.15) is 0 Å². The van der Waals surface area contributed by atoms with Gasteiger partial charge in [-0.1, -0.05) is 0 Å². The molecule has 0 unspecified atom stereocenters. The number of nitrogens with zero attached hydrogens (tertiary/aromatic N) is 4. The van der Waals surface area contributed by atoms with Crippen molar-refractivity contribution < 1.29 is 18.3 Å². The Morgan fingerprint density at radius 2 is 2.07 bits per heavy atom. The minimum absolute atomic E-state index is 0.0417. The monoisotopic (exact) mass is 405 g/mol. The number of benzene rings is 1. The smallest absolute Gasteiger partial charge is 0.289 e. The van der Waals surface area contributed by atoms with Gasteiger partial charge in [0.1, 0.15) is 17.7 Å². The Morgan fingerprint density at radius 3 is 2.72 bits per heavy atom. The quantitative estimate of drug-likeness (QED) is 0.839. The first-order chi connectivity index (χ1) is 13.8. The summed E-state index contributed by atoms with van der Waals surface area (Å²) >= 11 is 0. The van der Waals surface area contributed by atoms with Gasteiger partial charge >= 0.3 is 0 Å². The average molecular weight is 405 g/mol. The van der Waals surface area contributed by atoms with E-state index in [0.717, 1.165) is 29.6 Å². The van der Waals surface area contributed by atoms with Gasteiger partial charge in [0.2, 0.25) is 0 Å². The van der Waals surface area contributed by atoms with E-state index in [2.05, 4.69) is 9.88 Å². The SMILES string of the molecule is CN(C)C(=O)c1nc2c(n1C)CN([C@H]1CO[C@H](c3cc(F)ccc3F)[C@@H](N)C1)C2. The normalized spacial score (nSPS) is 24.6. The number of halogens is 2. The molecule has 0 radical (unpaired) electrons. The Kier molecular flexibility index (Phi) is 5.14. The first-order valence-electron chi connectivity index (χ1n) is 9.58. The summed E-state index contributed by atoms with van der Waals surface area (Å²) in [5.74, 6) is -0.723. The summed E-state index contributed by atoms with van der Waals surface area (Å²) in [4.78, 5) is 20.5. The van der Waals surface area contributed by atoms with Gasteiger partial charge in [0.15, 0.2) is 5.82 Å². The fourth-order valence-electron chi connectivity index (χ4n) is 4.15. The van der Waals surface area contributed by atoms with E-state index in [1.807, 2.05) is 11.6 Å². The van der Waals surface area contributed by atoms with Gasteiger partial charge in [0, 0.05) is 51.9 Å². The van der Waals surface area contributed by atoms with Crippen molar-refractivity contribution in [3.63, 3.8) is 0 Å². The molecule has 1 aromatic carbocycles. The topological polar surface area (TPSA) is 76.6 Å². The van der Waals surface area contributed by atoms with Crippen molar-refractivity contribution in [1.29, 1.82) is 0 Å². The second-order valence-corrected chi connectivity index (χ2v) is 7.97. The average Bonchev–Trinajstić information content (AvgIpc) is 3.23. The molecule has 2 aliphatic rings. The number of aromatic nitrogens is 2. The third-order valence-corrected chi connectivity index (χ3v) is 5.78. The van der Waals surface area contributed by atoms with Gasteiger partial charge in [-0.05, 0) is 24.6 Å². The Balaban J connectivity index is 1.45. The zero-order valence-electron chi connectivity index (χ0n) is 16.7. The maximum Gasteiger partial charge on any atom is 0.289 e. The van der Waals surface area contributed by atoms with Gasteiger partial charge in [0.25, 0.3) is 5.91 Å². The Bertz CT molecular complexity index is 945. The van der Waals surface area contributed by atoms with Gasteiger partial charge in [-0.15, -0.1) is 0 Å². The molecule has 2 aromatic rings. The highest BCUT2D eigenvalue weighted by Crippen LogP contribution is 2.34. The molecular formula is C20H25F2N5O2. The van der Waals surface area contributed by atoms with Crippen molar-refractivity contribution >= 4 is 5.91 Å². The first-order valence-corrected chi connectivity index (χ1v) is 9.58. The predicted molar refractivity (Wildman–Crippen MR) is 102 cm³/mol. The summed E-state index contributed by atoms with van der Waals surface area (Å²) in [6.45, 7) is 1.61. The van der Waals surface area contributed by atoms with Crippen molar-refractivity contribution in [1.82, 2.24) is 19.4 Å². The molecule has 0 spiro atoms. The van der Waals surface area contributed by atoms with Crippen molar-refractivity contribution in [2.24, 2.45) is 12.8 Å². The van der Waals surface area contributed by atoms with E-state index in [1.54, 1.807) is 14.1 Å². The molecule has 1 aromatic heterocycles. The zero-order valence-corrected chi connectivity index (χ0v) is 16.7. The number of amides is 1. The molecule has 1 fully saturated rings. The third-order valence-electron chi connectivity index (χ3n) is 5.78.